The lowest BCUT2D eigenvalue weighted by molar-refractivity contribution is -0.870. The summed E-state index contributed by atoms with van der Waals surface area (Å²) >= 11 is 0. The molecule has 0 radical (unpaired) electrons. The molecule has 0 aliphatic rings. The quantitative estimate of drug-likeness (QED) is 0.0211. The zero-order chi connectivity index (χ0) is 56.3. The van der Waals surface area contributed by atoms with Crippen LogP contribution in [0.25, 0.3) is 0 Å². The van der Waals surface area contributed by atoms with Crippen LogP contribution in [0.15, 0.2) is 60.8 Å². The maximum atomic E-state index is 12.8. The molecule has 0 aliphatic heterocycles. The van der Waals surface area contributed by atoms with Crippen molar-refractivity contribution in [1.29, 1.82) is 0 Å². The molecule has 0 amide bonds. The van der Waals surface area contributed by atoms with Gasteiger partial charge in [0.2, 0.25) is 0 Å². The topological polar surface area (TPSA) is 108 Å². The average molecular weight is 1100 g/mol. The SMILES string of the molecule is CCCC/C=C\C/C=C\CCCCCCCC(=O)OCC(COP(=O)(O)OCC[N+](C)(C)C)OC(=O)CCCCCCCCCCCCCCCCCCCCCCCCCC/C=C\C/C=C\C/C=C\CCCCCCC. The van der Waals surface area contributed by atoms with Crippen molar-refractivity contribution in [2.75, 3.05) is 47.5 Å². The van der Waals surface area contributed by atoms with Gasteiger partial charge in [0, 0.05) is 12.8 Å². The van der Waals surface area contributed by atoms with Gasteiger partial charge in [-0.3, -0.25) is 18.6 Å². The Morgan fingerprint density at radius 1 is 0.403 bits per heavy atom. The van der Waals surface area contributed by atoms with Crippen molar-refractivity contribution >= 4 is 19.8 Å². The van der Waals surface area contributed by atoms with E-state index in [1.807, 2.05) is 21.1 Å². The fraction of sp³-hybridized carbons (Fsp3) is 0.821. The molecule has 77 heavy (non-hydrogen) atoms. The summed E-state index contributed by atoms with van der Waals surface area (Å²) in [6, 6.07) is 0. The third-order valence-corrected chi connectivity index (χ3v) is 15.3. The number of phosphoric ester groups is 1. The van der Waals surface area contributed by atoms with Gasteiger partial charge in [-0.15, -0.1) is 0 Å². The van der Waals surface area contributed by atoms with Crippen molar-refractivity contribution in [1.82, 2.24) is 0 Å². The molecule has 0 saturated heterocycles. The van der Waals surface area contributed by atoms with Gasteiger partial charge < -0.3 is 18.9 Å². The van der Waals surface area contributed by atoms with Crippen molar-refractivity contribution in [2.24, 2.45) is 0 Å². The second kappa shape index (κ2) is 58.4. The lowest BCUT2D eigenvalue weighted by Crippen LogP contribution is -2.37. The van der Waals surface area contributed by atoms with Crippen LogP contribution in [-0.2, 0) is 32.7 Å². The minimum Gasteiger partial charge on any atom is -0.462 e. The summed E-state index contributed by atoms with van der Waals surface area (Å²) in [5.74, 6) is -0.804. The lowest BCUT2D eigenvalue weighted by Gasteiger charge is -2.24. The summed E-state index contributed by atoms with van der Waals surface area (Å²) in [5.41, 5.74) is 0. The maximum Gasteiger partial charge on any atom is 0.472 e. The van der Waals surface area contributed by atoms with Crippen LogP contribution in [0.5, 0.6) is 0 Å². The van der Waals surface area contributed by atoms with E-state index in [0.717, 1.165) is 70.6 Å². The van der Waals surface area contributed by atoms with E-state index >= 15 is 0 Å². The van der Waals surface area contributed by atoms with Crippen LogP contribution in [0.3, 0.4) is 0 Å². The highest BCUT2D eigenvalue weighted by Gasteiger charge is 2.27. The molecule has 2 unspecified atom stereocenters. The minimum atomic E-state index is -4.39. The molecular weight excluding hydrogens is 978 g/mol. The van der Waals surface area contributed by atoms with Crippen molar-refractivity contribution < 1.29 is 42.1 Å². The fourth-order valence-corrected chi connectivity index (χ4v) is 9.96. The second-order valence-electron chi connectivity index (χ2n) is 23.1. The number of phosphoric acid groups is 1. The molecule has 0 aromatic heterocycles. The summed E-state index contributed by atoms with van der Waals surface area (Å²) < 4.78 is 34.6. The molecule has 0 aliphatic carbocycles. The Balaban J connectivity index is 3.90. The number of hydrogen-bond acceptors (Lipinski definition) is 7. The largest absolute Gasteiger partial charge is 0.472 e. The van der Waals surface area contributed by atoms with Gasteiger partial charge >= 0.3 is 19.8 Å². The number of unbranched alkanes of at least 4 members (excludes halogenated alkanes) is 36. The molecule has 9 nitrogen and oxygen atoms in total. The number of rotatable bonds is 60. The maximum absolute atomic E-state index is 12.8. The number of nitrogens with zero attached hydrogens (tertiary/aromatic N) is 1. The predicted molar refractivity (Wildman–Crippen MR) is 330 cm³/mol. The number of carbonyl (C=O) groups is 2. The molecule has 10 heteroatoms. The van der Waals surface area contributed by atoms with Crippen LogP contribution in [0.2, 0.25) is 0 Å². The number of esters is 2. The van der Waals surface area contributed by atoms with E-state index in [1.54, 1.807) is 0 Å². The van der Waals surface area contributed by atoms with Crippen molar-refractivity contribution in [3.63, 3.8) is 0 Å². The average Bonchev–Trinajstić information content (AvgIpc) is 3.39. The van der Waals surface area contributed by atoms with E-state index in [1.165, 1.54) is 199 Å². The van der Waals surface area contributed by atoms with Gasteiger partial charge in [-0.1, -0.05) is 274 Å². The standard InChI is InChI=1S/C67H124NO8P/c1-6-8-10-12-14-16-18-20-22-23-24-25-26-27-28-29-30-31-32-33-34-35-36-37-38-39-40-41-42-43-44-45-46-48-50-52-54-56-58-60-67(70)76-65(64-75-77(71,72)74-62-61-68(3,4)5)63-73-66(69)59-57-55-53-51-49-47-21-19-17-15-13-11-9-7-2/h13,15,18-21,23-24,26-27,65H,6-12,14,16-17,22,25,28-64H2,1-5H3/p+1/b15-13-,20-18-,21-19-,24-23-,27-26-. The first kappa shape index (κ1) is 74.7. The fourth-order valence-electron chi connectivity index (χ4n) is 9.22. The highest BCUT2D eigenvalue weighted by Crippen LogP contribution is 2.43. The summed E-state index contributed by atoms with van der Waals surface area (Å²) in [5, 5.41) is 0. The molecule has 0 aromatic rings. The van der Waals surface area contributed by atoms with Crippen LogP contribution in [-0.4, -0.2) is 74.9 Å². The first-order valence-corrected chi connectivity index (χ1v) is 34.0. The summed E-state index contributed by atoms with van der Waals surface area (Å²) in [6.45, 7) is 4.39. The van der Waals surface area contributed by atoms with Gasteiger partial charge in [0.05, 0.1) is 27.7 Å². The highest BCUT2D eigenvalue weighted by molar-refractivity contribution is 7.47. The molecule has 0 bridgehead atoms. The van der Waals surface area contributed by atoms with Gasteiger partial charge in [0.1, 0.15) is 19.8 Å². The number of allylic oxidation sites excluding steroid dienone is 10. The summed E-state index contributed by atoms with van der Waals surface area (Å²) in [4.78, 5) is 35.7. The highest BCUT2D eigenvalue weighted by atomic mass is 31.2. The predicted octanol–water partition coefficient (Wildman–Crippen LogP) is 20.7. The molecule has 0 rings (SSSR count). The van der Waals surface area contributed by atoms with E-state index in [-0.39, 0.29) is 32.0 Å². The molecule has 0 fully saturated rings. The van der Waals surface area contributed by atoms with Crippen LogP contribution >= 0.6 is 7.82 Å². The third kappa shape index (κ3) is 62.8. The number of likely N-dealkylation sites (N-methyl/N-ethyl adjacent to an activating group) is 1. The minimum absolute atomic E-state index is 0.0297. The van der Waals surface area contributed by atoms with E-state index in [4.69, 9.17) is 18.5 Å². The first-order valence-electron chi connectivity index (χ1n) is 32.5. The Bertz CT molecular complexity index is 1480. The number of hydrogen-bond donors (Lipinski definition) is 1. The molecule has 450 valence electrons. The third-order valence-electron chi connectivity index (χ3n) is 14.3. The van der Waals surface area contributed by atoms with Crippen LogP contribution in [0, 0.1) is 0 Å². The molecule has 0 saturated carbocycles. The van der Waals surface area contributed by atoms with Crippen LogP contribution < -0.4 is 0 Å². The van der Waals surface area contributed by atoms with Crippen molar-refractivity contribution in [3.8, 4) is 0 Å². The van der Waals surface area contributed by atoms with E-state index in [9.17, 15) is 19.0 Å². The molecular formula is C67H125NO8P+. The zero-order valence-electron chi connectivity index (χ0n) is 51.2. The summed E-state index contributed by atoms with van der Waals surface area (Å²) in [7, 11) is 1.48. The van der Waals surface area contributed by atoms with Crippen molar-refractivity contribution in [2.45, 2.75) is 309 Å². The summed E-state index contributed by atoms with van der Waals surface area (Å²) in [6.07, 6.45) is 76.2. The smallest absolute Gasteiger partial charge is 0.462 e. The molecule has 2 atom stereocenters. The number of ether oxygens (including phenoxy) is 2. The lowest BCUT2D eigenvalue weighted by atomic mass is 10.0. The van der Waals surface area contributed by atoms with Crippen LogP contribution in [0.4, 0.5) is 0 Å². The van der Waals surface area contributed by atoms with E-state index < -0.39 is 26.5 Å². The normalized spacial score (nSPS) is 13.6. The molecule has 0 heterocycles. The van der Waals surface area contributed by atoms with Crippen LogP contribution in [0.1, 0.15) is 303 Å². The Kier molecular flexibility index (Phi) is 56.6. The number of carbonyl (C=O) groups excluding carboxylic acids is 2. The van der Waals surface area contributed by atoms with Gasteiger partial charge in [-0.05, 0) is 77.0 Å². The molecule has 0 aromatic carbocycles. The first-order chi connectivity index (χ1) is 37.5. The van der Waals surface area contributed by atoms with E-state index in [0.29, 0.717) is 17.4 Å². The molecule has 0 spiro atoms. The van der Waals surface area contributed by atoms with Crippen molar-refractivity contribution in [3.05, 3.63) is 60.8 Å². The zero-order valence-corrected chi connectivity index (χ0v) is 52.1. The monoisotopic (exact) mass is 1100 g/mol. The Hall–Kier alpha value is -2.29. The number of quaternary nitrogens is 1. The van der Waals surface area contributed by atoms with Gasteiger partial charge in [0.25, 0.3) is 0 Å². The second-order valence-corrected chi connectivity index (χ2v) is 24.6. The Labute approximate surface area is 476 Å². The van der Waals surface area contributed by atoms with Gasteiger partial charge in [-0.25, -0.2) is 4.57 Å². The Morgan fingerprint density at radius 3 is 1.08 bits per heavy atom. The van der Waals surface area contributed by atoms with Gasteiger partial charge in [-0.2, -0.15) is 0 Å². The molecule has 1 N–H and O–H groups in total. The van der Waals surface area contributed by atoms with Gasteiger partial charge in [0.15, 0.2) is 6.10 Å². The Morgan fingerprint density at radius 2 is 0.714 bits per heavy atom. The van der Waals surface area contributed by atoms with E-state index in [2.05, 4.69) is 74.6 Å².